The van der Waals surface area contributed by atoms with Gasteiger partial charge in [-0.1, -0.05) is 69.1 Å². The van der Waals surface area contributed by atoms with Gasteiger partial charge in [0.05, 0.1) is 51.6 Å². The zero-order valence-corrected chi connectivity index (χ0v) is 34.8. The van der Waals surface area contributed by atoms with Crippen LogP contribution in [0.2, 0.25) is 0 Å². The molecule has 4 fully saturated rings. The summed E-state index contributed by atoms with van der Waals surface area (Å²) in [7, 11) is 0. The predicted molar refractivity (Wildman–Crippen MR) is 226 cm³/mol. The summed E-state index contributed by atoms with van der Waals surface area (Å²) >= 11 is 1.47. The Hall–Kier alpha value is -4.35. The minimum atomic E-state index is -2.22. The third kappa shape index (κ3) is 7.62. The molecule has 62 heavy (non-hydrogen) atoms. The number of hydrogen-bond acceptors (Lipinski definition) is 11. The Morgan fingerprint density at radius 3 is 2.40 bits per heavy atom. The second-order valence-corrected chi connectivity index (χ2v) is 18.2. The first-order valence-electron chi connectivity index (χ1n) is 20.6. The van der Waals surface area contributed by atoms with E-state index in [2.05, 4.69) is 11.9 Å². The molecule has 0 bridgehead atoms. The summed E-state index contributed by atoms with van der Waals surface area (Å²) in [5.41, 5.74) is -4.46. The topological polar surface area (TPSA) is 161 Å². The van der Waals surface area contributed by atoms with E-state index in [1.54, 1.807) is 38.1 Å². The van der Waals surface area contributed by atoms with Crippen molar-refractivity contribution in [2.45, 2.75) is 92.7 Å². The summed E-state index contributed by atoms with van der Waals surface area (Å²) in [6.45, 7) is 7.52. The number of carbonyl (C=O) groups is 4. The molecular weight excluding hydrogens is 823 g/mol. The third-order valence-electron chi connectivity index (χ3n) is 13.7. The lowest BCUT2D eigenvalue weighted by Gasteiger charge is -2.63. The highest BCUT2D eigenvalue weighted by molar-refractivity contribution is 7.99. The standard InChI is InChI=1S/C46H50F2N2O10S.CH4/c1-27-13-15-43(2)34(21-27)35(47)23-33-32-24-38-46(37(53)26-51,44(32,3)25-36(52)45(33,43)48)60-42(59-38)28-7-9-30(10-8-28)61-31-6-4-5-29(22-31)49-39(54)14-17-57-19-20-58-18-16-50-40(55)11-12-41(50)56;/h4-13,15,21-22,32-33,35-36,38,42,51-52H,1,14,16-20,23-26H2,2-3H3,(H,49,54);1H4/t32-,33-,35-,36-,38+,42+,43-,44-,45-,46+;/m0./s1. The Labute approximate surface area is 364 Å². The van der Waals surface area contributed by atoms with Gasteiger partial charge in [-0.05, 0) is 73.6 Å². The minimum absolute atomic E-state index is 0. The van der Waals surface area contributed by atoms with Crippen molar-refractivity contribution in [2.24, 2.45) is 22.7 Å². The number of ketones is 1. The largest absolute Gasteiger partial charge is 0.390 e. The number of allylic oxidation sites excluding steroid dienone is 5. The van der Waals surface area contributed by atoms with Crippen molar-refractivity contribution in [1.82, 2.24) is 4.90 Å². The molecule has 0 radical (unpaired) electrons. The zero-order valence-electron chi connectivity index (χ0n) is 34.0. The van der Waals surface area contributed by atoms with Crippen LogP contribution in [0.15, 0.2) is 106 Å². The second kappa shape index (κ2) is 17.7. The number of benzene rings is 2. The molecular formula is C47H54F2N2O10S. The van der Waals surface area contributed by atoms with Crippen molar-refractivity contribution in [1.29, 1.82) is 0 Å². The molecule has 3 saturated carbocycles. The van der Waals surface area contributed by atoms with Crippen molar-refractivity contribution < 1.29 is 57.1 Å². The first kappa shape index (κ1) is 45.7. The number of alkyl halides is 2. The number of rotatable bonds is 15. The molecule has 1 saturated heterocycles. The lowest BCUT2D eigenvalue weighted by atomic mass is 9.44. The highest BCUT2D eigenvalue weighted by Gasteiger charge is 2.80. The number of fused-ring (bicyclic) bond motifs is 7. The van der Waals surface area contributed by atoms with Gasteiger partial charge in [0, 0.05) is 49.9 Å². The van der Waals surface area contributed by atoms with E-state index in [0.29, 0.717) is 16.8 Å². The maximum absolute atomic E-state index is 17.8. The molecule has 0 spiro atoms. The van der Waals surface area contributed by atoms with Gasteiger partial charge in [-0.25, -0.2) is 8.78 Å². The van der Waals surface area contributed by atoms with E-state index >= 15 is 8.78 Å². The molecule has 12 nitrogen and oxygen atoms in total. The number of carbonyl (C=O) groups excluding carboxylic acids is 4. The Balaban J connectivity index is 0.00000578. The summed E-state index contributed by atoms with van der Waals surface area (Å²) < 4.78 is 57.9. The van der Waals surface area contributed by atoms with Crippen LogP contribution in [0.25, 0.3) is 0 Å². The van der Waals surface area contributed by atoms with Gasteiger partial charge in [-0.2, -0.15) is 0 Å². The molecule has 6 aliphatic rings. The van der Waals surface area contributed by atoms with Crippen LogP contribution in [0.4, 0.5) is 14.5 Å². The molecule has 4 aliphatic carbocycles. The number of halogens is 2. The van der Waals surface area contributed by atoms with Crippen molar-refractivity contribution in [2.75, 3.05) is 44.9 Å². The molecule has 10 atom stereocenters. The van der Waals surface area contributed by atoms with E-state index in [4.69, 9.17) is 18.9 Å². The fraction of sp³-hybridized carbons (Fsp3) is 0.489. The second-order valence-electron chi connectivity index (χ2n) is 17.0. The quantitative estimate of drug-likeness (QED) is 0.134. The van der Waals surface area contributed by atoms with E-state index in [0.717, 1.165) is 14.7 Å². The van der Waals surface area contributed by atoms with Crippen molar-refractivity contribution >= 4 is 41.0 Å². The lowest BCUT2D eigenvalue weighted by Crippen LogP contribution is -2.70. The van der Waals surface area contributed by atoms with Gasteiger partial charge in [-0.3, -0.25) is 24.1 Å². The molecule has 3 N–H and O–H groups in total. The Morgan fingerprint density at radius 2 is 1.69 bits per heavy atom. The number of Topliss-reactive ketones (excluding diaryl/α,β-unsaturated/α-hetero) is 1. The number of hydrogen-bond donors (Lipinski definition) is 3. The van der Waals surface area contributed by atoms with Gasteiger partial charge < -0.3 is 34.5 Å². The number of nitrogens with one attached hydrogen (secondary N) is 1. The predicted octanol–water partition coefficient (Wildman–Crippen LogP) is 6.39. The van der Waals surface area contributed by atoms with E-state index in [1.807, 2.05) is 42.5 Å². The van der Waals surface area contributed by atoms with Crippen molar-refractivity contribution in [3.63, 3.8) is 0 Å². The molecule has 0 unspecified atom stereocenters. The van der Waals surface area contributed by atoms with Gasteiger partial charge in [0.15, 0.2) is 23.3 Å². The smallest absolute Gasteiger partial charge is 0.253 e. The highest BCUT2D eigenvalue weighted by atomic mass is 32.2. The summed E-state index contributed by atoms with van der Waals surface area (Å²) in [6, 6.07) is 14.8. The van der Waals surface area contributed by atoms with E-state index in [-0.39, 0.29) is 89.4 Å². The average molecular weight is 877 g/mol. The van der Waals surface area contributed by atoms with Crippen LogP contribution in [-0.4, -0.2) is 108 Å². The van der Waals surface area contributed by atoms with Gasteiger partial charge in [0.2, 0.25) is 5.91 Å². The number of ether oxygens (including phenoxy) is 4. The number of nitrogens with zero attached hydrogens (tertiary/aromatic N) is 1. The van der Waals surface area contributed by atoms with Crippen LogP contribution in [0, 0.1) is 22.7 Å². The number of aliphatic hydroxyl groups is 2. The van der Waals surface area contributed by atoms with Gasteiger partial charge in [0.25, 0.3) is 11.8 Å². The number of anilines is 1. The molecule has 0 aromatic heterocycles. The number of aliphatic hydroxyl groups excluding tert-OH is 2. The molecule has 2 heterocycles. The van der Waals surface area contributed by atoms with Crippen LogP contribution in [0.3, 0.4) is 0 Å². The molecule has 8 rings (SSSR count). The molecule has 2 aliphatic heterocycles. The maximum atomic E-state index is 17.8. The third-order valence-corrected chi connectivity index (χ3v) is 14.7. The minimum Gasteiger partial charge on any atom is -0.390 e. The lowest BCUT2D eigenvalue weighted by molar-refractivity contribution is -0.235. The number of imide groups is 1. The molecule has 2 aromatic rings. The van der Waals surface area contributed by atoms with Crippen LogP contribution >= 0.6 is 11.8 Å². The van der Waals surface area contributed by atoms with Gasteiger partial charge in [-0.15, -0.1) is 0 Å². The average Bonchev–Trinajstić information content (AvgIpc) is 3.86. The van der Waals surface area contributed by atoms with Crippen LogP contribution in [-0.2, 0) is 38.1 Å². The summed E-state index contributed by atoms with van der Waals surface area (Å²) in [4.78, 5) is 52.5. The first-order chi connectivity index (χ1) is 29.1. The van der Waals surface area contributed by atoms with Gasteiger partial charge in [0.1, 0.15) is 12.8 Å². The monoisotopic (exact) mass is 876 g/mol. The fourth-order valence-electron chi connectivity index (χ4n) is 10.8. The molecule has 2 aromatic carbocycles. The Kier molecular flexibility index (Phi) is 13.0. The van der Waals surface area contributed by atoms with Crippen molar-refractivity contribution in [3.8, 4) is 0 Å². The first-order valence-corrected chi connectivity index (χ1v) is 21.4. The molecule has 3 amide bonds. The summed E-state index contributed by atoms with van der Waals surface area (Å²) in [5, 5.41) is 25.0. The Bertz CT molecular complexity index is 2180. The molecule has 332 valence electrons. The van der Waals surface area contributed by atoms with Crippen LogP contribution in [0.1, 0.15) is 58.8 Å². The summed E-state index contributed by atoms with van der Waals surface area (Å²) in [6.07, 6.45) is 2.41. The maximum Gasteiger partial charge on any atom is 0.253 e. The Morgan fingerprint density at radius 1 is 0.984 bits per heavy atom. The van der Waals surface area contributed by atoms with Crippen LogP contribution < -0.4 is 5.32 Å². The van der Waals surface area contributed by atoms with E-state index in [1.165, 1.54) is 23.9 Å². The number of amides is 3. The van der Waals surface area contributed by atoms with Crippen molar-refractivity contribution in [3.05, 3.63) is 102 Å². The zero-order chi connectivity index (χ0) is 43.3. The normalized spacial score (nSPS) is 34.3. The van der Waals surface area contributed by atoms with Gasteiger partial charge >= 0.3 is 0 Å². The fourth-order valence-corrected chi connectivity index (χ4v) is 11.6. The highest BCUT2D eigenvalue weighted by Crippen LogP contribution is 2.72. The van der Waals surface area contributed by atoms with Crippen LogP contribution in [0.5, 0.6) is 0 Å². The molecule has 15 heteroatoms. The SMILES string of the molecule is C.C=C1C=C[C@@]2(C)C(=C1)[C@@H](F)C[C@H]1[C@@H]3C[C@H]4O[C@@H](c5ccc(Sc6cccc(NC(=O)CCOCCOCCN7C(=O)C=CC7=O)c6)cc5)O[C@@]4(C(=O)CO)[C@@]3(C)C[C@H](O)[C@@]12F. The van der Waals surface area contributed by atoms with E-state index < -0.39 is 71.0 Å². The van der Waals surface area contributed by atoms with E-state index in [9.17, 15) is 29.4 Å². The summed E-state index contributed by atoms with van der Waals surface area (Å²) in [5.74, 6) is -3.10.